The Morgan fingerprint density at radius 2 is 2.00 bits per heavy atom. The van der Waals surface area contributed by atoms with E-state index in [-0.39, 0.29) is 0 Å². The Morgan fingerprint density at radius 3 is 2.95 bits per heavy atom. The van der Waals surface area contributed by atoms with Gasteiger partial charge in [-0.05, 0) is 43.0 Å². The minimum atomic E-state index is 0.404. The normalized spacial score (nSPS) is 17.8. The Labute approximate surface area is 118 Å². The van der Waals surface area contributed by atoms with Crippen molar-refractivity contribution in [2.75, 3.05) is 5.32 Å². The fourth-order valence-corrected chi connectivity index (χ4v) is 3.25. The second kappa shape index (κ2) is 4.41. The molecule has 0 aliphatic carbocycles. The number of nitrogens with one attached hydrogen (secondary N) is 2. The highest BCUT2D eigenvalue weighted by Crippen LogP contribution is 2.35. The van der Waals surface area contributed by atoms with E-state index in [1.807, 2.05) is 0 Å². The Kier molecular flexibility index (Phi) is 2.56. The van der Waals surface area contributed by atoms with E-state index in [9.17, 15) is 0 Å². The van der Waals surface area contributed by atoms with Crippen LogP contribution >= 0.6 is 0 Å². The van der Waals surface area contributed by atoms with E-state index >= 15 is 0 Å². The smallest absolute Gasteiger partial charge is 0.0538 e. The van der Waals surface area contributed by atoms with Crippen LogP contribution in [0.25, 0.3) is 10.9 Å². The van der Waals surface area contributed by atoms with Gasteiger partial charge >= 0.3 is 0 Å². The lowest BCUT2D eigenvalue weighted by Crippen LogP contribution is -2.17. The van der Waals surface area contributed by atoms with Crippen LogP contribution in [0.4, 0.5) is 5.69 Å². The average Bonchev–Trinajstić information content (AvgIpc) is 2.91. The van der Waals surface area contributed by atoms with Gasteiger partial charge in [-0.25, -0.2) is 0 Å². The van der Waals surface area contributed by atoms with E-state index in [0.717, 1.165) is 12.8 Å². The first-order chi connectivity index (χ1) is 9.81. The van der Waals surface area contributed by atoms with Gasteiger partial charge in [0.1, 0.15) is 0 Å². The summed E-state index contributed by atoms with van der Waals surface area (Å²) in [4.78, 5) is 3.38. The summed E-state index contributed by atoms with van der Waals surface area (Å²) in [6.45, 7) is 2.16. The van der Waals surface area contributed by atoms with Gasteiger partial charge < -0.3 is 10.3 Å². The fraction of sp³-hybridized carbons (Fsp3) is 0.222. The van der Waals surface area contributed by atoms with E-state index in [1.54, 1.807) is 0 Å². The maximum Gasteiger partial charge on any atom is 0.0538 e. The number of aromatic nitrogens is 1. The van der Waals surface area contributed by atoms with Crippen molar-refractivity contribution in [2.45, 2.75) is 25.8 Å². The molecule has 20 heavy (non-hydrogen) atoms. The van der Waals surface area contributed by atoms with Crippen molar-refractivity contribution in [1.29, 1.82) is 0 Å². The summed E-state index contributed by atoms with van der Waals surface area (Å²) in [5.74, 6) is 0. The zero-order chi connectivity index (χ0) is 13.5. The van der Waals surface area contributed by atoms with Gasteiger partial charge in [0.25, 0.3) is 0 Å². The summed E-state index contributed by atoms with van der Waals surface area (Å²) >= 11 is 0. The van der Waals surface area contributed by atoms with Gasteiger partial charge in [-0.2, -0.15) is 0 Å². The third kappa shape index (κ3) is 1.80. The van der Waals surface area contributed by atoms with Gasteiger partial charge in [0.05, 0.1) is 6.04 Å². The third-order valence-corrected chi connectivity index (χ3v) is 4.29. The first-order valence-corrected chi connectivity index (χ1v) is 7.23. The van der Waals surface area contributed by atoms with E-state index in [0.29, 0.717) is 6.04 Å². The van der Waals surface area contributed by atoms with Crippen molar-refractivity contribution in [3.8, 4) is 0 Å². The fourth-order valence-electron chi connectivity index (χ4n) is 3.25. The van der Waals surface area contributed by atoms with Crippen LogP contribution in [0.5, 0.6) is 0 Å². The summed E-state index contributed by atoms with van der Waals surface area (Å²) in [6, 6.07) is 15.6. The monoisotopic (exact) mass is 262 g/mol. The van der Waals surface area contributed by atoms with Crippen molar-refractivity contribution in [2.24, 2.45) is 0 Å². The number of benzene rings is 2. The molecule has 2 aromatic carbocycles. The van der Waals surface area contributed by atoms with Gasteiger partial charge in [-0.1, -0.05) is 35.9 Å². The van der Waals surface area contributed by atoms with E-state index in [2.05, 4.69) is 65.9 Å². The highest BCUT2D eigenvalue weighted by molar-refractivity contribution is 5.84. The minimum Gasteiger partial charge on any atom is -0.378 e. The molecule has 1 aliphatic heterocycles. The van der Waals surface area contributed by atoms with Crippen molar-refractivity contribution >= 4 is 16.6 Å². The highest BCUT2D eigenvalue weighted by Gasteiger charge is 2.21. The molecule has 0 saturated heterocycles. The quantitative estimate of drug-likeness (QED) is 0.660. The zero-order valence-corrected chi connectivity index (χ0v) is 11.6. The van der Waals surface area contributed by atoms with Crippen molar-refractivity contribution in [1.82, 2.24) is 4.98 Å². The summed E-state index contributed by atoms with van der Waals surface area (Å²) in [5.41, 5.74) is 6.68. The Morgan fingerprint density at radius 1 is 1.10 bits per heavy atom. The number of rotatable bonds is 1. The second-order valence-electron chi connectivity index (χ2n) is 5.69. The maximum atomic E-state index is 3.70. The van der Waals surface area contributed by atoms with Crippen LogP contribution in [0.3, 0.4) is 0 Å². The van der Waals surface area contributed by atoms with Gasteiger partial charge in [0.2, 0.25) is 0 Å². The van der Waals surface area contributed by atoms with E-state index in [4.69, 9.17) is 0 Å². The number of anilines is 1. The second-order valence-corrected chi connectivity index (χ2v) is 5.69. The number of fused-ring (bicyclic) bond motifs is 2. The van der Waals surface area contributed by atoms with Crippen LogP contribution in [0.15, 0.2) is 48.7 Å². The predicted octanol–water partition coefficient (Wildman–Crippen LogP) is 4.58. The summed E-state index contributed by atoms with van der Waals surface area (Å²) < 4.78 is 0. The predicted molar refractivity (Wildman–Crippen MR) is 84.2 cm³/mol. The zero-order valence-electron chi connectivity index (χ0n) is 11.6. The molecular formula is C18H18N2. The largest absolute Gasteiger partial charge is 0.378 e. The lowest BCUT2D eigenvalue weighted by molar-refractivity contribution is 0.671. The molecule has 0 spiro atoms. The Balaban J connectivity index is 1.73. The molecule has 0 fully saturated rings. The average molecular weight is 262 g/mol. The summed E-state index contributed by atoms with van der Waals surface area (Å²) in [5, 5.41) is 5.03. The molecule has 1 unspecified atom stereocenters. The van der Waals surface area contributed by atoms with Gasteiger partial charge in [-0.15, -0.1) is 0 Å². The van der Waals surface area contributed by atoms with Crippen LogP contribution in [0, 0.1) is 6.92 Å². The number of para-hydroxylation sites is 1. The molecule has 1 aliphatic rings. The molecule has 2 heteroatoms. The van der Waals surface area contributed by atoms with Crippen LogP contribution in [0.2, 0.25) is 0 Å². The molecule has 0 bridgehead atoms. The number of hydrogen-bond donors (Lipinski definition) is 2. The Bertz CT molecular complexity index is 770. The maximum absolute atomic E-state index is 3.70. The molecule has 1 atom stereocenters. The molecule has 0 amide bonds. The van der Waals surface area contributed by atoms with Gasteiger partial charge in [0, 0.05) is 22.8 Å². The topological polar surface area (TPSA) is 27.8 Å². The molecule has 1 aromatic heterocycles. The van der Waals surface area contributed by atoms with E-state index < -0.39 is 0 Å². The lowest BCUT2D eigenvalue weighted by Gasteiger charge is -2.27. The molecule has 2 N–H and O–H groups in total. The summed E-state index contributed by atoms with van der Waals surface area (Å²) in [7, 11) is 0. The van der Waals surface area contributed by atoms with Crippen LogP contribution in [-0.4, -0.2) is 4.98 Å². The number of hydrogen-bond acceptors (Lipinski definition) is 1. The molecular weight excluding hydrogens is 244 g/mol. The first kappa shape index (κ1) is 11.6. The molecule has 0 radical (unpaired) electrons. The van der Waals surface area contributed by atoms with Crippen molar-refractivity contribution in [3.63, 3.8) is 0 Å². The van der Waals surface area contributed by atoms with Gasteiger partial charge in [-0.3, -0.25) is 0 Å². The highest BCUT2D eigenvalue weighted by atomic mass is 14.9. The van der Waals surface area contributed by atoms with Gasteiger partial charge in [0.15, 0.2) is 0 Å². The lowest BCUT2D eigenvalue weighted by atomic mass is 9.92. The standard InChI is InChI=1S/C18H18N2/c1-12-6-8-16-13(10-12)7-9-18(20-16)15-11-19-17-5-3-2-4-14(15)17/h2-6,8,10-11,18-20H,7,9H2,1H3. The molecule has 2 nitrogen and oxygen atoms in total. The van der Waals surface area contributed by atoms with Crippen molar-refractivity contribution in [3.05, 3.63) is 65.4 Å². The SMILES string of the molecule is Cc1ccc2c(c1)CCC(c1c[nH]c3ccccc13)N2. The Hall–Kier alpha value is -2.22. The molecule has 3 aromatic rings. The number of H-pyrrole nitrogens is 1. The third-order valence-electron chi connectivity index (χ3n) is 4.29. The molecule has 100 valence electrons. The number of aryl methyl sites for hydroxylation is 2. The minimum absolute atomic E-state index is 0.404. The van der Waals surface area contributed by atoms with Crippen LogP contribution in [0.1, 0.15) is 29.2 Å². The summed E-state index contributed by atoms with van der Waals surface area (Å²) in [6.07, 6.45) is 4.45. The van der Waals surface area contributed by atoms with Crippen molar-refractivity contribution < 1.29 is 0 Å². The number of aromatic amines is 1. The molecule has 2 heterocycles. The molecule has 0 saturated carbocycles. The van der Waals surface area contributed by atoms with Crippen LogP contribution in [-0.2, 0) is 6.42 Å². The molecule has 4 rings (SSSR count). The van der Waals surface area contributed by atoms with Crippen LogP contribution < -0.4 is 5.32 Å². The van der Waals surface area contributed by atoms with E-state index in [1.165, 1.54) is 33.3 Å². The first-order valence-electron chi connectivity index (χ1n) is 7.23.